The van der Waals surface area contributed by atoms with Gasteiger partial charge in [0.25, 0.3) is 5.91 Å². The maximum atomic E-state index is 11.9. The van der Waals surface area contributed by atoms with Crippen LogP contribution in [0, 0.1) is 0 Å². The van der Waals surface area contributed by atoms with Gasteiger partial charge in [-0.1, -0.05) is 51.1 Å². The molecule has 0 saturated carbocycles. The zero-order chi connectivity index (χ0) is 14.0. The van der Waals surface area contributed by atoms with Crippen molar-refractivity contribution in [3.63, 3.8) is 0 Å². The fourth-order valence-corrected chi connectivity index (χ4v) is 2.94. The minimum atomic E-state index is -0.287. The molecule has 0 aliphatic rings. The molecule has 0 saturated heterocycles. The van der Waals surface area contributed by atoms with Crippen LogP contribution in [0.4, 0.5) is 0 Å². The van der Waals surface area contributed by atoms with E-state index >= 15 is 0 Å². The van der Waals surface area contributed by atoms with Crippen molar-refractivity contribution in [2.45, 2.75) is 26.2 Å². The number of nitrogens with zero attached hydrogens (tertiary/aromatic N) is 1. The minimum absolute atomic E-state index is 0.203. The number of carbonyl (C=O) groups excluding carboxylic acids is 1. The lowest BCUT2D eigenvalue weighted by Crippen LogP contribution is -2.31. The fourth-order valence-electron chi connectivity index (χ4n) is 1.75. The van der Waals surface area contributed by atoms with E-state index in [1.165, 1.54) is 11.3 Å². The number of nitrogens with one attached hydrogen (secondary N) is 1. The molecule has 100 valence electrons. The van der Waals surface area contributed by atoms with Crippen molar-refractivity contribution in [1.82, 2.24) is 10.4 Å². The highest BCUT2D eigenvalue weighted by Crippen LogP contribution is 2.34. The third-order valence-corrected chi connectivity index (χ3v) is 3.80. The molecule has 3 N–H and O–H groups in total. The van der Waals surface area contributed by atoms with E-state index in [0.717, 1.165) is 16.3 Å². The Morgan fingerprint density at radius 2 is 1.89 bits per heavy atom. The number of hydrogen-bond acceptors (Lipinski definition) is 4. The molecule has 2 aromatic rings. The largest absolute Gasteiger partial charge is 0.289 e. The van der Waals surface area contributed by atoms with E-state index in [-0.39, 0.29) is 11.3 Å². The maximum absolute atomic E-state index is 11.9. The zero-order valence-electron chi connectivity index (χ0n) is 11.2. The molecule has 1 aromatic carbocycles. The van der Waals surface area contributed by atoms with E-state index in [9.17, 15) is 4.79 Å². The number of thiazole rings is 1. The van der Waals surface area contributed by atoms with Crippen LogP contribution in [0.15, 0.2) is 30.3 Å². The molecule has 2 rings (SSSR count). The summed E-state index contributed by atoms with van der Waals surface area (Å²) in [7, 11) is 0. The quantitative estimate of drug-likeness (QED) is 0.503. The van der Waals surface area contributed by atoms with Gasteiger partial charge in [0.1, 0.15) is 9.88 Å². The molecule has 1 heterocycles. The third kappa shape index (κ3) is 2.83. The molecule has 0 unspecified atom stereocenters. The molecule has 0 aliphatic heterocycles. The van der Waals surface area contributed by atoms with Gasteiger partial charge in [0, 0.05) is 11.0 Å². The Morgan fingerprint density at radius 1 is 1.26 bits per heavy atom. The molecule has 0 spiro atoms. The smallest absolute Gasteiger partial charge is 0.277 e. The molecule has 0 radical (unpaired) electrons. The Kier molecular flexibility index (Phi) is 3.68. The van der Waals surface area contributed by atoms with Crippen molar-refractivity contribution in [3.8, 4) is 10.6 Å². The summed E-state index contributed by atoms with van der Waals surface area (Å²) < 4.78 is 0. The summed E-state index contributed by atoms with van der Waals surface area (Å²) in [4.78, 5) is 17.1. The van der Waals surface area contributed by atoms with E-state index in [4.69, 9.17) is 5.84 Å². The van der Waals surface area contributed by atoms with Gasteiger partial charge < -0.3 is 0 Å². The summed E-state index contributed by atoms with van der Waals surface area (Å²) in [6.45, 7) is 6.10. The topological polar surface area (TPSA) is 68.0 Å². The number of hydrogen-bond donors (Lipinski definition) is 2. The van der Waals surface area contributed by atoms with Crippen LogP contribution in [0.5, 0.6) is 0 Å². The first-order valence-electron chi connectivity index (χ1n) is 6.01. The van der Waals surface area contributed by atoms with Crippen molar-refractivity contribution >= 4 is 17.2 Å². The Balaban J connectivity index is 2.55. The number of hydrazine groups is 1. The van der Waals surface area contributed by atoms with Gasteiger partial charge in [0.05, 0.1) is 5.69 Å². The van der Waals surface area contributed by atoms with E-state index in [1.54, 1.807) is 0 Å². The van der Waals surface area contributed by atoms with Gasteiger partial charge in [-0.25, -0.2) is 10.8 Å². The molecule has 1 aromatic heterocycles. The third-order valence-electron chi connectivity index (χ3n) is 2.70. The number of aromatic nitrogens is 1. The van der Waals surface area contributed by atoms with E-state index in [0.29, 0.717) is 4.88 Å². The van der Waals surface area contributed by atoms with Gasteiger partial charge in [0.2, 0.25) is 0 Å². The average Bonchev–Trinajstić information content (AvgIpc) is 2.84. The highest BCUT2D eigenvalue weighted by Gasteiger charge is 2.27. The molecule has 19 heavy (non-hydrogen) atoms. The van der Waals surface area contributed by atoms with Crippen LogP contribution in [-0.2, 0) is 5.41 Å². The monoisotopic (exact) mass is 275 g/mol. The number of benzene rings is 1. The molecule has 0 bridgehead atoms. The average molecular weight is 275 g/mol. The molecular formula is C14H17N3OS. The summed E-state index contributed by atoms with van der Waals surface area (Å²) in [6.07, 6.45) is 0. The Bertz CT molecular complexity index is 584. The Labute approximate surface area is 116 Å². The van der Waals surface area contributed by atoms with E-state index in [2.05, 4.69) is 10.4 Å². The molecular weight excluding hydrogens is 258 g/mol. The lowest BCUT2D eigenvalue weighted by Gasteiger charge is -2.16. The van der Waals surface area contributed by atoms with Crippen LogP contribution in [0.2, 0.25) is 0 Å². The van der Waals surface area contributed by atoms with Crippen LogP contribution < -0.4 is 11.3 Å². The summed E-state index contributed by atoms with van der Waals surface area (Å²) in [6, 6.07) is 9.83. The first-order valence-corrected chi connectivity index (χ1v) is 6.83. The summed E-state index contributed by atoms with van der Waals surface area (Å²) in [5.74, 6) is 4.96. The van der Waals surface area contributed by atoms with Gasteiger partial charge >= 0.3 is 0 Å². The molecule has 0 atom stereocenters. The number of carbonyl (C=O) groups is 1. The zero-order valence-corrected chi connectivity index (χ0v) is 12.0. The Morgan fingerprint density at radius 3 is 2.42 bits per heavy atom. The molecule has 0 aliphatic carbocycles. The van der Waals surface area contributed by atoms with Gasteiger partial charge in [-0.05, 0) is 0 Å². The van der Waals surface area contributed by atoms with Gasteiger partial charge in [-0.2, -0.15) is 0 Å². The second-order valence-corrected chi connectivity index (χ2v) is 6.29. The number of amides is 1. The Hall–Kier alpha value is -1.72. The van der Waals surface area contributed by atoms with Crippen molar-refractivity contribution in [1.29, 1.82) is 0 Å². The predicted molar refractivity (Wildman–Crippen MR) is 77.9 cm³/mol. The highest BCUT2D eigenvalue weighted by molar-refractivity contribution is 7.17. The van der Waals surface area contributed by atoms with Crippen molar-refractivity contribution < 1.29 is 4.79 Å². The molecule has 0 fully saturated rings. The summed E-state index contributed by atoms with van der Waals surface area (Å²) >= 11 is 1.37. The van der Waals surface area contributed by atoms with Crippen LogP contribution >= 0.6 is 11.3 Å². The number of nitrogen functional groups attached to an aromatic ring is 1. The lowest BCUT2D eigenvalue weighted by atomic mass is 9.91. The first-order chi connectivity index (χ1) is 8.93. The summed E-state index contributed by atoms with van der Waals surface area (Å²) in [5, 5.41) is 0.837. The second-order valence-electron chi connectivity index (χ2n) is 5.29. The van der Waals surface area contributed by atoms with Crippen molar-refractivity contribution in [2.24, 2.45) is 5.84 Å². The van der Waals surface area contributed by atoms with Crippen molar-refractivity contribution in [3.05, 3.63) is 40.9 Å². The number of rotatable bonds is 2. The number of nitrogens with two attached hydrogens (primary N) is 1. The van der Waals surface area contributed by atoms with Crippen molar-refractivity contribution in [2.75, 3.05) is 0 Å². The minimum Gasteiger partial charge on any atom is -0.289 e. The normalized spacial score (nSPS) is 11.4. The predicted octanol–water partition coefficient (Wildman–Crippen LogP) is 2.71. The fraction of sp³-hybridized carbons (Fsp3) is 0.286. The lowest BCUT2D eigenvalue weighted by molar-refractivity contribution is 0.0955. The van der Waals surface area contributed by atoms with Crippen LogP contribution in [-0.4, -0.2) is 10.9 Å². The maximum Gasteiger partial charge on any atom is 0.277 e. The van der Waals surface area contributed by atoms with Gasteiger partial charge in [0.15, 0.2) is 0 Å². The van der Waals surface area contributed by atoms with Gasteiger partial charge in [-0.3, -0.25) is 10.2 Å². The molecule has 5 heteroatoms. The highest BCUT2D eigenvalue weighted by atomic mass is 32.1. The van der Waals surface area contributed by atoms with E-state index in [1.807, 2.05) is 51.1 Å². The second kappa shape index (κ2) is 5.11. The van der Waals surface area contributed by atoms with Crippen LogP contribution in [0.3, 0.4) is 0 Å². The first kappa shape index (κ1) is 13.7. The summed E-state index contributed by atoms with van der Waals surface area (Å²) in [5.41, 5.74) is 3.77. The molecule has 1 amide bonds. The van der Waals surface area contributed by atoms with Crippen LogP contribution in [0.1, 0.15) is 36.1 Å². The van der Waals surface area contributed by atoms with E-state index < -0.39 is 0 Å². The standard InChI is InChI=1S/C14H17N3OS/c1-14(2,3)11-10(12(18)17-15)19-13(16-11)9-7-5-4-6-8-9/h4-8H,15H2,1-3H3,(H,17,18). The van der Waals surface area contributed by atoms with Gasteiger partial charge in [-0.15, -0.1) is 11.3 Å². The SMILES string of the molecule is CC(C)(C)c1nc(-c2ccccc2)sc1C(=O)NN. The van der Waals surface area contributed by atoms with Crippen LogP contribution in [0.25, 0.3) is 10.6 Å². The molecule has 4 nitrogen and oxygen atoms in total.